The quantitative estimate of drug-likeness (QED) is 0.851. The van der Waals surface area contributed by atoms with Gasteiger partial charge in [-0.05, 0) is 23.8 Å². The third-order valence-corrected chi connectivity index (χ3v) is 5.09. The van der Waals surface area contributed by atoms with E-state index in [1.807, 2.05) is 12.1 Å². The summed E-state index contributed by atoms with van der Waals surface area (Å²) in [6.45, 7) is 0.676. The zero-order valence-corrected chi connectivity index (χ0v) is 14.5. The van der Waals surface area contributed by atoms with Crippen LogP contribution in [0.4, 0.5) is 0 Å². The molecular formula is C18H14Cl2O5. The van der Waals surface area contributed by atoms with Crippen LogP contribution in [0, 0.1) is 0 Å². The fourth-order valence-electron chi connectivity index (χ4n) is 3.10. The van der Waals surface area contributed by atoms with Gasteiger partial charge in [-0.1, -0.05) is 29.3 Å². The molecule has 0 aromatic heterocycles. The second-order valence-corrected chi connectivity index (χ2v) is 6.85. The first-order valence-electron chi connectivity index (χ1n) is 7.78. The van der Waals surface area contributed by atoms with Crippen LogP contribution in [0.15, 0.2) is 30.3 Å². The van der Waals surface area contributed by atoms with Crippen molar-refractivity contribution in [1.29, 1.82) is 0 Å². The number of carboxylic acid groups (broad SMARTS) is 1. The van der Waals surface area contributed by atoms with Gasteiger partial charge < -0.3 is 19.3 Å². The Hall–Kier alpha value is -2.11. The van der Waals surface area contributed by atoms with Crippen LogP contribution in [0.2, 0.25) is 10.0 Å². The lowest BCUT2D eigenvalue weighted by molar-refractivity contribution is -0.137. The van der Waals surface area contributed by atoms with Gasteiger partial charge in [0.25, 0.3) is 0 Å². The van der Waals surface area contributed by atoms with Crippen LogP contribution in [0.1, 0.15) is 29.6 Å². The minimum atomic E-state index is -0.851. The molecule has 7 heteroatoms. The molecule has 2 aliphatic rings. The first kappa shape index (κ1) is 16.4. The van der Waals surface area contributed by atoms with E-state index in [1.54, 1.807) is 18.2 Å². The molecule has 25 heavy (non-hydrogen) atoms. The maximum Gasteiger partial charge on any atom is 0.304 e. The Morgan fingerprint density at radius 2 is 1.84 bits per heavy atom. The lowest BCUT2D eigenvalue weighted by Crippen LogP contribution is -2.21. The van der Waals surface area contributed by atoms with Crippen LogP contribution < -0.4 is 14.2 Å². The number of halogens is 2. The van der Waals surface area contributed by atoms with Gasteiger partial charge in [0.15, 0.2) is 17.6 Å². The molecule has 1 unspecified atom stereocenters. The van der Waals surface area contributed by atoms with Gasteiger partial charge in [-0.3, -0.25) is 4.79 Å². The monoisotopic (exact) mass is 380 g/mol. The van der Waals surface area contributed by atoms with Crippen LogP contribution in [-0.2, 0) is 4.79 Å². The highest BCUT2D eigenvalue weighted by molar-refractivity contribution is 6.42. The van der Waals surface area contributed by atoms with Gasteiger partial charge in [-0.15, -0.1) is 0 Å². The zero-order valence-electron chi connectivity index (χ0n) is 13.0. The third-order valence-electron chi connectivity index (χ3n) is 4.35. The predicted octanol–water partition coefficient (Wildman–Crippen LogP) is 4.46. The largest absolute Gasteiger partial charge is 0.492 e. The summed E-state index contributed by atoms with van der Waals surface area (Å²) in [5, 5.41) is 9.95. The first-order chi connectivity index (χ1) is 12.0. The Morgan fingerprint density at radius 3 is 2.60 bits per heavy atom. The van der Waals surface area contributed by atoms with Crippen molar-refractivity contribution in [3.63, 3.8) is 0 Å². The van der Waals surface area contributed by atoms with E-state index in [1.165, 1.54) is 0 Å². The van der Waals surface area contributed by atoms with E-state index in [0.29, 0.717) is 40.5 Å². The average molecular weight is 381 g/mol. The molecule has 4 rings (SSSR count). The van der Waals surface area contributed by atoms with Gasteiger partial charge >= 0.3 is 5.97 Å². The van der Waals surface area contributed by atoms with Crippen molar-refractivity contribution in [3.05, 3.63) is 51.5 Å². The highest BCUT2D eigenvalue weighted by Gasteiger charge is 2.31. The van der Waals surface area contributed by atoms with Crippen molar-refractivity contribution < 1.29 is 24.1 Å². The molecule has 2 heterocycles. The number of fused-ring (bicyclic) bond motifs is 2. The topological polar surface area (TPSA) is 65.0 Å². The third kappa shape index (κ3) is 3.10. The van der Waals surface area contributed by atoms with Crippen LogP contribution >= 0.6 is 23.2 Å². The van der Waals surface area contributed by atoms with Crippen LogP contribution in [0.25, 0.3) is 0 Å². The average Bonchev–Trinajstić information content (AvgIpc) is 2.96. The van der Waals surface area contributed by atoms with Crippen molar-refractivity contribution in [2.45, 2.75) is 18.4 Å². The second kappa shape index (κ2) is 6.32. The Bertz CT molecular complexity index is 852. The molecule has 1 N–H and O–H groups in total. The Labute approximate surface area is 154 Å². The summed E-state index contributed by atoms with van der Waals surface area (Å²) in [7, 11) is 0. The van der Waals surface area contributed by atoms with Gasteiger partial charge in [0, 0.05) is 17.5 Å². The van der Waals surface area contributed by atoms with Crippen LogP contribution in [0.3, 0.4) is 0 Å². The fourth-order valence-corrected chi connectivity index (χ4v) is 3.40. The molecule has 0 amide bonds. The molecule has 130 valence electrons. The molecule has 0 radical (unpaired) electrons. The Balaban J connectivity index is 1.60. The van der Waals surface area contributed by atoms with Gasteiger partial charge in [0.2, 0.25) is 0 Å². The number of rotatable bonds is 3. The number of carboxylic acids is 1. The van der Waals surface area contributed by atoms with Crippen molar-refractivity contribution in [2.24, 2.45) is 0 Å². The van der Waals surface area contributed by atoms with Crippen molar-refractivity contribution in [3.8, 4) is 17.2 Å². The van der Waals surface area contributed by atoms with E-state index < -0.39 is 5.97 Å². The molecule has 2 aromatic carbocycles. The maximum absolute atomic E-state index is 11.0. The van der Waals surface area contributed by atoms with E-state index in [2.05, 4.69) is 0 Å². The predicted molar refractivity (Wildman–Crippen MR) is 92.3 cm³/mol. The minimum Gasteiger partial charge on any atom is -0.492 e. The number of aliphatic carboxylic acids is 1. The minimum absolute atomic E-state index is 0.0263. The zero-order chi connectivity index (χ0) is 17.6. The number of ether oxygens (including phenoxy) is 3. The highest BCUT2D eigenvalue weighted by Crippen LogP contribution is 2.46. The smallest absolute Gasteiger partial charge is 0.304 e. The summed E-state index contributed by atoms with van der Waals surface area (Å²) in [5.41, 5.74) is 1.71. The normalized spacial score (nSPS) is 20.7. The molecular weight excluding hydrogens is 367 g/mol. The lowest BCUT2D eigenvalue weighted by Gasteiger charge is -2.27. The van der Waals surface area contributed by atoms with E-state index in [0.717, 1.165) is 11.1 Å². The standard InChI is InChI=1S/C18H14Cl2O5/c19-12-2-1-9(3-13(12)20)17-8-24-15-5-11-10(4-18(21)22)7-23-14(11)6-16(15)25-17/h1-3,5-6,10,17H,4,7-8H2,(H,21,22)/t10-,17?/m1/s1. The molecule has 2 aromatic rings. The van der Waals surface area contributed by atoms with Crippen molar-refractivity contribution in [2.75, 3.05) is 13.2 Å². The highest BCUT2D eigenvalue weighted by atomic mass is 35.5. The van der Waals surface area contributed by atoms with Crippen LogP contribution in [-0.4, -0.2) is 24.3 Å². The van der Waals surface area contributed by atoms with Crippen LogP contribution in [0.5, 0.6) is 17.2 Å². The molecule has 5 nitrogen and oxygen atoms in total. The van der Waals surface area contributed by atoms with Gasteiger partial charge in [0.05, 0.1) is 23.1 Å². The molecule has 0 saturated heterocycles. The summed E-state index contributed by atoms with van der Waals surface area (Å²) in [5.74, 6) is 0.779. The first-order valence-corrected chi connectivity index (χ1v) is 8.54. The fraction of sp³-hybridized carbons (Fsp3) is 0.278. The maximum atomic E-state index is 11.0. The Kier molecular flexibility index (Phi) is 4.13. The number of hydrogen-bond donors (Lipinski definition) is 1. The SMILES string of the molecule is O=C(O)C[C@@H]1COc2cc3c(cc21)OCC(c1ccc(Cl)c(Cl)c1)O3. The number of benzene rings is 2. The van der Waals surface area contributed by atoms with Gasteiger partial charge in [-0.2, -0.15) is 0 Å². The Morgan fingerprint density at radius 1 is 1.04 bits per heavy atom. The van der Waals surface area contributed by atoms with Crippen molar-refractivity contribution in [1.82, 2.24) is 0 Å². The van der Waals surface area contributed by atoms with E-state index in [-0.39, 0.29) is 18.4 Å². The van der Waals surface area contributed by atoms with E-state index in [9.17, 15) is 4.79 Å². The van der Waals surface area contributed by atoms with Gasteiger partial charge in [0.1, 0.15) is 12.4 Å². The van der Waals surface area contributed by atoms with Crippen molar-refractivity contribution >= 4 is 29.2 Å². The number of carbonyl (C=O) groups is 1. The lowest BCUT2D eigenvalue weighted by atomic mass is 9.97. The molecule has 2 aliphatic heterocycles. The van der Waals surface area contributed by atoms with Gasteiger partial charge in [-0.25, -0.2) is 0 Å². The molecule has 2 atom stereocenters. The molecule has 0 saturated carbocycles. The summed E-state index contributed by atoms with van der Waals surface area (Å²) in [6.07, 6.45) is -0.282. The van der Waals surface area contributed by atoms with E-state index >= 15 is 0 Å². The molecule has 0 spiro atoms. The van der Waals surface area contributed by atoms with E-state index in [4.69, 9.17) is 42.5 Å². The summed E-state index contributed by atoms with van der Waals surface area (Å²) >= 11 is 12.0. The molecule has 0 fully saturated rings. The molecule has 0 bridgehead atoms. The number of hydrogen-bond acceptors (Lipinski definition) is 4. The second-order valence-electron chi connectivity index (χ2n) is 6.03. The summed E-state index contributed by atoms with van der Waals surface area (Å²) in [6, 6.07) is 8.91. The summed E-state index contributed by atoms with van der Waals surface area (Å²) < 4.78 is 17.5. The molecule has 0 aliphatic carbocycles. The summed E-state index contributed by atoms with van der Waals surface area (Å²) in [4.78, 5) is 11.0.